The second kappa shape index (κ2) is 6.04. The van der Waals surface area contributed by atoms with Crippen LogP contribution in [0, 0.1) is 0 Å². The van der Waals surface area contributed by atoms with E-state index in [1.807, 2.05) is 18.3 Å². The molecule has 0 fully saturated rings. The quantitative estimate of drug-likeness (QED) is 0.744. The van der Waals surface area contributed by atoms with Gasteiger partial charge in [0.15, 0.2) is 0 Å². The van der Waals surface area contributed by atoms with Crippen molar-refractivity contribution in [2.24, 2.45) is 0 Å². The molecular weight excluding hydrogens is 244 g/mol. The molecule has 1 unspecified atom stereocenters. The van der Waals surface area contributed by atoms with Crippen LogP contribution in [0.15, 0.2) is 24.4 Å². The smallest absolute Gasteiger partial charge is 0.293 e. The maximum atomic E-state index is 10.7. The second-order valence-electron chi connectivity index (χ2n) is 4.20. The van der Waals surface area contributed by atoms with Crippen LogP contribution in [0.25, 0.3) is 10.9 Å². The Kier molecular flexibility index (Phi) is 4.18. The molecule has 2 aromatic rings. The van der Waals surface area contributed by atoms with Crippen LogP contribution in [0.4, 0.5) is 0 Å². The van der Waals surface area contributed by atoms with E-state index >= 15 is 0 Å². The summed E-state index contributed by atoms with van der Waals surface area (Å²) in [5.74, 6) is 0. The number of nitrogens with one attached hydrogen (secondary N) is 2. The number of benzene rings is 1. The maximum Gasteiger partial charge on any atom is 0.293 e. The molecule has 100 valence electrons. The summed E-state index contributed by atoms with van der Waals surface area (Å²) in [7, 11) is 0. The standard InChI is InChI=1S/C14H16N2O3/c1-2-10-4-3-5-11-12(6-15-14(10)11)13(16-8-17)7-19-9-18/h3-6,8-9,13,15H,2,7H2,1H3,(H,16,17). The van der Waals surface area contributed by atoms with E-state index in [0.29, 0.717) is 12.9 Å². The largest absolute Gasteiger partial charge is 0.465 e. The number of hydrogen-bond acceptors (Lipinski definition) is 3. The zero-order valence-corrected chi connectivity index (χ0v) is 10.7. The van der Waals surface area contributed by atoms with Crippen molar-refractivity contribution in [2.45, 2.75) is 19.4 Å². The zero-order valence-electron chi connectivity index (χ0n) is 10.7. The fourth-order valence-corrected chi connectivity index (χ4v) is 2.27. The Labute approximate surface area is 110 Å². The molecule has 1 aromatic carbocycles. The van der Waals surface area contributed by atoms with Crippen molar-refractivity contribution in [3.8, 4) is 0 Å². The highest BCUT2D eigenvalue weighted by atomic mass is 16.5. The Morgan fingerprint density at radius 2 is 2.26 bits per heavy atom. The van der Waals surface area contributed by atoms with E-state index in [1.54, 1.807) is 0 Å². The van der Waals surface area contributed by atoms with Crippen LogP contribution in [-0.4, -0.2) is 24.5 Å². The number of H-pyrrole nitrogens is 1. The number of aromatic nitrogens is 1. The van der Waals surface area contributed by atoms with Crippen LogP contribution in [0.1, 0.15) is 24.1 Å². The number of para-hydroxylation sites is 1. The average molecular weight is 260 g/mol. The number of carbonyl (C=O) groups excluding carboxylic acids is 2. The predicted molar refractivity (Wildman–Crippen MR) is 71.6 cm³/mol. The van der Waals surface area contributed by atoms with Crippen LogP contribution >= 0.6 is 0 Å². The van der Waals surface area contributed by atoms with Gasteiger partial charge in [0.05, 0.1) is 6.04 Å². The summed E-state index contributed by atoms with van der Waals surface area (Å²) < 4.78 is 4.76. The van der Waals surface area contributed by atoms with Gasteiger partial charge in [0.1, 0.15) is 6.61 Å². The first-order chi connectivity index (χ1) is 9.31. The molecule has 0 saturated heterocycles. The first-order valence-corrected chi connectivity index (χ1v) is 6.15. The SMILES string of the molecule is CCc1cccc2c(C(COC=O)NC=O)c[nH]c12. The van der Waals surface area contributed by atoms with Gasteiger partial charge < -0.3 is 15.0 Å². The predicted octanol–water partition coefficient (Wildman–Crippen LogP) is 1.69. The molecule has 0 aliphatic rings. The van der Waals surface area contributed by atoms with Gasteiger partial charge in [-0.2, -0.15) is 0 Å². The van der Waals surface area contributed by atoms with Crippen molar-refractivity contribution in [3.63, 3.8) is 0 Å². The van der Waals surface area contributed by atoms with Crippen molar-refractivity contribution in [2.75, 3.05) is 6.61 Å². The van der Waals surface area contributed by atoms with Gasteiger partial charge in [-0.1, -0.05) is 25.1 Å². The second-order valence-corrected chi connectivity index (χ2v) is 4.20. The van der Waals surface area contributed by atoms with Crippen LogP contribution in [0.5, 0.6) is 0 Å². The lowest BCUT2D eigenvalue weighted by molar-refractivity contribution is -0.130. The minimum atomic E-state index is -0.344. The molecular formula is C14H16N2O3. The summed E-state index contributed by atoms with van der Waals surface area (Å²) in [4.78, 5) is 24.2. The molecule has 2 N–H and O–H groups in total. The summed E-state index contributed by atoms with van der Waals surface area (Å²) in [6.07, 6.45) is 3.38. The van der Waals surface area contributed by atoms with Crippen molar-refractivity contribution >= 4 is 23.8 Å². The van der Waals surface area contributed by atoms with Crippen LogP contribution < -0.4 is 5.32 Å². The third kappa shape index (κ3) is 2.59. The highest BCUT2D eigenvalue weighted by molar-refractivity contribution is 5.86. The Balaban J connectivity index is 2.41. The first kappa shape index (κ1) is 13.1. The van der Waals surface area contributed by atoms with Gasteiger partial charge in [-0.05, 0) is 12.0 Å². The van der Waals surface area contributed by atoms with Crippen molar-refractivity contribution < 1.29 is 14.3 Å². The van der Waals surface area contributed by atoms with Crippen molar-refractivity contribution in [3.05, 3.63) is 35.5 Å². The summed E-state index contributed by atoms with van der Waals surface area (Å²) in [5.41, 5.74) is 3.19. The Morgan fingerprint density at radius 1 is 1.42 bits per heavy atom. The van der Waals surface area contributed by atoms with E-state index in [2.05, 4.69) is 23.3 Å². The molecule has 1 aromatic heterocycles. The number of hydrogen-bond donors (Lipinski definition) is 2. The summed E-state index contributed by atoms with van der Waals surface area (Å²) in [5, 5.41) is 3.70. The van der Waals surface area contributed by atoms with Crippen LogP contribution in [-0.2, 0) is 20.7 Å². The Hall–Kier alpha value is -2.30. The first-order valence-electron chi connectivity index (χ1n) is 6.15. The normalized spacial score (nSPS) is 12.1. The minimum Gasteiger partial charge on any atom is -0.465 e. The molecule has 0 bridgehead atoms. The van der Waals surface area contributed by atoms with E-state index in [-0.39, 0.29) is 12.6 Å². The number of aryl methyl sites for hydroxylation is 1. The van der Waals surface area contributed by atoms with Crippen LogP contribution in [0.2, 0.25) is 0 Å². The molecule has 5 heteroatoms. The minimum absolute atomic E-state index is 0.117. The molecule has 19 heavy (non-hydrogen) atoms. The molecule has 1 heterocycles. The van der Waals surface area contributed by atoms with E-state index in [1.165, 1.54) is 5.56 Å². The number of fused-ring (bicyclic) bond motifs is 1. The highest BCUT2D eigenvalue weighted by Gasteiger charge is 2.16. The molecule has 0 aliphatic carbocycles. The van der Waals surface area contributed by atoms with Gasteiger partial charge in [-0.25, -0.2) is 0 Å². The molecule has 0 aliphatic heterocycles. The molecule has 5 nitrogen and oxygen atoms in total. The average Bonchev–Trinajstić information content (AvgIpc) is 2.87. The number of carbonyl (C=O) groups is 2. The molecule has 1 atom stereocenters. The summed E-state index contributed by atoms with van der Waals surface area (Å²) in [6, 6.07) is 5.69. The monoisotopic (exact) mass is 260 g/mol. The van der Waals surface area contributed by atoms with Crippen molar-refractivity contribution in [1.82, 2.24) is 10.3 Å². The van der Waals surface area contributed by atoms with E-state index < -0.39 is 0 Å². The third-order valence-electron chi connectivity index (χ3n) is 3.19. The summed E-state index contributed by atoms with van der Waals surface area (Å²) >= 11 is 0. The third-order valence-corrected chi connectivity index (χ3v) is 3.19. The summed E-state index contributed by atoms with van der Waals surface area (Å²) in [6.45, 7) is 2.59. The fraction of sp³-hybridized carbons (Fsp3) is 0.286. The number of aromatic amines is 1. The van der Waals surface area contributed by atoms with Crippen molar-refractivity contribution in [1.29, 1.82) is 0 Å². The lowest BCUT2D eigenvalue weighted by atomic mass is 10.0. The highest BCUT2D eigenvalue weighted by Crippen LogP contribution is 2.26. The van der Waals surface area contributed by atoms with Gasteiger partial charge in [-0.15, -0.1) is 0 Å². The lowest BCUT2D eigenvalue weighted by Gasteiger charge is -2.14. The van der Waals surface area contributed by atoms with E-state index in [0.717, 1.165) is 22.9 Å². The van der Waals surface area contributed by atoms with E-state index in [9.17, 15) is 9.59 Å². The molecule has 0 spiro atoms. The molecule has 0 radical (unpaired) electrons. The number of amides is 1. The van der Waals surface area contributed by atoms with Gasteiger partial charge in [0.2, 0.25) is 6.41 Å². The Morgan fingerprint density at radius 3 is 2.95 bits per heavy atom. The molecule has 1 amide bonds. The number of ether oxygens (including phenoxy) is 1. The Bertz CT molecular complexity index is 577. The van der Waals surface area contributed by atoms with Gasteiger partial charge >= 0.3 is 0 Å². The lowest BCUT2D eigenvalue weighted by Crippen LogP contribution is -2.23. The van der Waals surface area contributed by atoms with E-state index in [4.69, 9.17) is 4.74 Å². The van der Waals surface area contributed by atoms with Crippen LogP contribution in [0.3, 0.4) is 0 Å². The van der Waals surface area contributed by atoms with Gasteiger partial charge in [-0.3, -0.25) is 9.59 Å². The topological polar surface area (TPSA) is 71.2 Å². The van der Waals surface area contributed by atoms with Gasteiger partial charge in [0.25, 0.3) is 6.47 Å². The van der Waals surface area contributed by atoms with Gasteiger partial charge in [0, 0.05) is 22.7 Å². The maximum absolute atomic E-state index is 10.7. The zero-order chi connectivity index (χ0) is 13.7. The fourth-order valence-electron chi connectivity index (χ4n) is 2.27. The molecule has 0 saturated carbocycles. The molecule has 2 rings (SSSR count). The number of rotatable bonds is 7.